The van der Waals surface area contributed by atoms with Gasteiger partial charge in [-0.25, -0.2) is 0 Å². The first-order valence-electron chi connectivity index (χ1n) is 4.23. The topological polar surface area (TPSA) is 9.23 Å². The number of hydrogen-bond donors (Lipinski definition) is 0. The third kappa shape index (κ3) is 4.54. The van der Waals surface area contributed by atoms with Gasteiger partial charge in [0.1, 0.15) is 0 Å². The zero-order valence-electron chi connectivity index (χ0n) is 8.32. The predicted molar refractivity (Wildman–Crippen MR) is 60.6 cm³/mol. The monoisotopic (exact) mass is 312 g/mol. The maximum atomic E-state index is 11.9. The summed E-state index contributed by atoms with van der Waals surface area (Å²) in [5.74, 6) is 0.761. The minimum atomic E-state index is -4.34. The van der Waals surface area contributed by atoms with Crippen molar-refractivity contribution < 1.29 is 17.9 Å². The normalized spacial score (nSPS) is 11.1. The van der Waals surface area contributed by atoms with Crippen LogP contribution in [0.4, 0.5) is 13.2 Å². The van der Waals surface area contributed by atoms with Gasteiger partial charge in [0, 0.05) is 11.3 Å². The standard InChI is InChI=1S/C10H8BrF3OS/c1-16-5-7-2-3-9(8(11)4-7)15-6-10(12,13)14/h4H,5-6H2,1H3. The number of rotatable bonds is 4. The summed E-state index contributed by atoms with van der Waals surface area (Å²) in [7, 11) is 0. The van der Waals surface area contributed by atoms with Gasteiger partial charge >= 0.3 is 6.18 Å². The number of halogens is 4. The third-order valence-corrected chi connectivity index (χ3v) is 2.72. The molecule has 0 aromatic heterocycles. The zero-order valence-corrected chi connectivity index (χ0v) is 10.7. The van der Waals surface area contributed by atoms with Gasteiger partial charge in [-0.15, -0.1) is 0 Å². The van der Waals surface area contributed by atoms with E-state index in [4.69, 9.17) is 0 Å². The summed E-state index contributed by atoms with van der Waals surface area (Å²) < 4.78 is 40.7. The van der Waals surface area contributed by atoms with Crippen LogP contribution in [-0.2, 0) is 5.75 Å². The molecule has 0 amide bonds. The molecule has 0 saturated carbocycles. The second-order valence-electron chi connectivity index (χ2n) is 2.93. The van der Waals surface area contributed by atoms with E-state index in [1.807, 2.05) is 6.26 Å². The summed E-state index contributed by atoms with van der Waals surface area (Å²) in [5.41, 5.74) is 0.860. The molecule has 0 N–H and O–H groups in total. The Kier molecular flexibility index (Phi) is 4.81. The highest BCUT2D eigenvalue weighted by atomic mass is 79.9. The minimum absolute atomic E-state index is 0.0298. The molecule has 0 fully saturated rings. The molecule has 0 unspecified atom stereocenters. The number of hydrogen-bond acceptors (Lipinski definition) is 2. The van der Waals surface area contributed by atoms with Crippen molar-refractivity contribution in [2.24, 2.45) is 0 Å². The van der Waals surface area contributed by atoms with Crippen LogP contribution in [0.15, 0.2) is 10.5 Å². The van der Waals surface area contributed by atoms with E-state index in [1.54, 1.807) is 17.8 Å². The van der Waals surface area contributed by atoms with E-state index < -0.39 is 12.8 Å². The molecule has 0 aliphatic carbocycles. The molecule has 0 bridgehead atoms. The van der Waals surface area contributed by atoms with E-state index in [0.29, 0.717) is 4.47 Å². The Hall–Kier alpha value is -0.540. The molecule has 0 radical (unpaired) electrons. The van der Waals surface area contributed by atoms with Crippen LogP contribution < -0.4 is 4.74 Å². The Balaban J connectivity index is 2.68. The molecule has 6 heteroatoms. The van der Waals surface area contributed by atoms with Crippen molar-refractivity contribution in [3.8, 4) is 5.75 Å². The summed E-state index contributed by atoms with van der Waals surface area (Å²) in [6.07, 6.45) is -2.42. The van der Waals surface area contributed by atoms with Gasteiger partial charge in [-0.2, -0.15) is 24.9 Å². The van der Waals surface area contributed by atoms with Crippen LogP contribution in [0.5, 0.6) is 5.75 Å². The Morgan fingerprint density at radius 1 is 1.44 bits per heavy atom. The fraction of sp³-hybridized carbons (Fsp3) is 0.400. The minimum Gasteiger partial charge on any atom is -0.475 e. The Bertz CT molecular complexity index is 354. The van der Waals surface area contributed by atoms with Crippen LogP contribution in [0.1, 0.15) is 5.56 Å². The van der Waals surface area contributed by atoms with Gasteiger partial charge < -0.3 is 4.74 Å². The van der Waals surface area contributed by atoms with Gasteiger partial charge in [0.05, 0.1) is 4.47 Å². The molecular formula is C10H8BrF3OS. The molecule has 88 valence electrons. The highest BCUT2D eigenvalue weighted by Crippen LogP contribution is 2.26. The molecule has 1 rings (SSSR count). The lowest BCUT2D eigenvalue weighted by molar-refractivity contribution is -0.153. The lowest BCUT2D eigenvalue weighted by Gasteiger charge is -2.08. The first-order chi connectivity index (χ1) is 7.42. The van der Waals surface area contributed by atoms with Crippen molar-refractivity contribution in [2.75, 3.05) is 12.9 Å². The summed E-state index contributed by atoms with van der Waals surface area (Å²) in [4.78, 5) is 0. The first kappa shape index (κ1) is 13.5. The molecule has 1 nitrogen and oxygen atoms in total. The molecule has 1 aromatic rings. The summed E-state index contributed by atoms with van der Waals surface area (Å²) in [5, 5.41) is 0. The Labute approximate surface area is 104 Å². The van der Waals surface area contributed by atoms with E-state index >= 15 is 0 Å². The zero-order chi connectivity index (χ0) is 12.2. The van der Waals surface area contributed by atoms with Crippen molar-refractivity contribution in [1.82, 2.24) is 0 Å². The van der Waals surface area contributed by atoms with Crippen molar-refractivity contribution in [3.63, 3.8) is 0 Å². The van der Waals surface area contributed by atoms with Crippen LogP contribution in [0.2, 0.25) is 0 Å². The molecular weight excluding hydrogens is 305 g/mol. The molecule has 0 atom stereocenters. The fourth-order valence-electron chi connectivity index (χ4n) is 0.944. The van der Waals surface area contributed by atoms with E-state index in [0.717, 1.165) is 11.3 Å². The van der Waals surface area contributed by atoms with Crippen molar-refractivity contribution >= 4 is 27.7 Å². The average molecular weight is 313 g/mol. The van der Waals surface area contributed by atoms with Crippen LogP contribution in [0.25, 0.3) is 0 Å². The van der Waals surface area contributed by atoms with Gasteiger partial charge in [0.2, 0.25) is 0 Å². The summed E-state index contributed by atoms with van der Waals surface area (Å²) in [6, 6.07) is 6.98. The summed E-state index contributed by atoms with van der Waals surface area (Å²) in [6.45, 7) is -1.32. The summed E-state index contributed by atoms with van der Waals surface area (Å²) >= 11 is 4.73. The maximum absolute atomic E-state index is 11.9. The average Bonchev–Trinajstić information content (AvgIpc) is 2.15. The maximum Gasteiger partial charge on any atom is 0.422 e. The van der Waals surface area contributed by atoms with E-state index in [1.165, 1.54) is 0 Å². The van der Waals surface area contributed by atoms with Crippen molar-refractivity contribution in [3.05, 3.63) is 28.2 Å². The molecule has 0 aliphatic rings. The quantitative estimate of drug-likeness (QED) is 0.835. The van der Waals surface area contributed by atoms with Crippen molar-refractivity contribution in [2.45, 2.75) is 11.9 Å². The molecule has 0 aliphatic heterocycles. The van der Waals surface area contributed by atoms with Gasteiger partial charge in [0.25, 0.3) is 0 Å². The highest BCUT2D eigenvalue weighted by molar-refractivity contribution is 9.10. The first-order valence-corrected chi connectivity index (χ1v) is 6.42. The highest BCUT2D eigenvalue weighted by Gasteiger charge is 2.28. The molecule has 16 heavy (non-hydrogen) atoms. The molecule has 1 aromatic carbocycles. The predicted octanol–water partition coefficient (Wildman–Crippen LogP) is 3.85. The largest absolute Gasteiger partial charge is 0.475 e. The number of alkyl halides is 3. The Morgan fingerprint density at radius 2 is 2.12 bits per heavy atom. The van der Waals surface area contributed by atoms with Crippen molar-refractivity contribution in [1.29, 1.82) is 0 Å². The van der Waals surface area contributed by atoms with Gasteiger partial charge in [-0.3, -0.25) is 0 Å². The van der Waals surface area contributed by atoms with E-state index in [9.17, 15) is 13.2 Å². The second-order valence-corrected chi connectivity index (χ2v) is 4.65. The van der Waals surface area contributed by atoms with Crippen LogP contribution >= 0.6 is 27.7 Å². The van der Waals surface area contributed by atoms with Gasteiger partial charge in [-0.1, -0.05) is 6.07 Å². The van der Waals surface area contributed by atoms with Gasteiger partial charge in [0.15, 0.2) is 12.4 Å². The molecule has 0 spiro atoms. The molecule has 0 saturated heterocycles. The number of ether oxygens (including phenoxy) is 1. The lowest BCUT2D eigenvalue weighted by atomic mass is 10.3. The molecule has 0 heterocycles. The van der Waals surface area contributed by atoms with Gasteiger partial charge in [-0.05, 0) is 34.3 Å². The van der Waals surface area contributed by atoms with E-state index in [-0.39, 0.29) is 5.75 Å². The Morgan fingerprint density at radius 3 is 2.62 bits per heavy atom. The van der Waals surface area contributed by atoms with E-state index in [2.05, 4.69) is 32.8 Å². The van der Waals surface area contributed by atoms with Crippen LogP contribution in [-0.4, -0.2) is 19.0 Å². The number of thioether (sulfide) groups is 1. The SMILES string of the molecule is CSCc1c#cc(OCC(F)(F)F)c(Br)c1. The lowest BCUT2D eigenvalue weighted by Crippen LogP contribution is -2.19. The fourth-order valence-corrected chi connectivity index (χ4v) is 1.90. The van der Waals surface area contributed by atoms with Crippen LogP contribution in [0, 0.1) is 12.1 Å². The van der Waals surface area contributed by atoms with Crippen LogP contribution in [0.3, 0.4) is 0 Å². The second kappa shape index (κ2) is 5.69. The smallest absolute Gasteiger partial charge is 0.422 e. The third-order valence-electron chi connectivity index (χ3n) is 1.53.